The van der Waals surface area contributed by atoms with Crippen molar-refractivity contribution in [2.45, 2.75) is 13.3 Å². The smallest absolute Gasteiger partial charge is 0.0699 e. The molecule has 0 atom stereocenters. The number of hydrogen-bond donors (Lipinski definition) is 0. The zero-order valence-electron chi connectivity index (χ0n) is 3.78. The Hall–Kier alpha value is -0.880. The Morgan fingerprint density at radius 1 is 1.67 bits per heavy atom. The second-order valence-corrected chi connectivity index (χ2v) is 0.808. The molecule has 0 saturated heterocycles. The Morgan fingerprint density at radius 2 is 2.33 bits per heavy atom. The van der Waals surface area contributed by atoms with Gasteiger partial charge in [0.25, 0.3) is 0 Å². The molecular weight excluding hydrogens is 72.1 g/mol. The first kappa shape index (κ1) is 5.12. The highest BCUT2D eigenvalue weighted by Gasteiger charge is 1.54. The predicted octanol–water partition coefficient (Wildman–Crippen LogP) is 1.03. The fourth-order valence-electron chi connectivity index (χ4n) is 0.139. The normalized spacial score (nSPS) is 4.67. The maximum absolute atomic E-state index is 4.86. The first-order valence-electron chi connectivity index (χ1n) is 1.75. The van der Waals surface area contributed by atoms with Crippen LogP contribution in [0.25, 0.3) is 0 Å². The molecule has 0 bridgehead atoms. The highest BCUT2D eigenvalue weighted by Crippen LogP contribution is 1.63. The van der Waals surface area contributed by atoms with Gasteiger partial charge in [-0.2, -0.15) is 0 Å². The van der Waals surface area contributed by atoms with Gasteiger partial charge >= 0.3 is 0 Å². The minimum absolute atomic E-state index is 0.580. The summed E-state index contributed by atoms with van der Waals surface area (Å²) >= 11 is 0. The molecule has 0 N–H and O–H groups in total. The zero-order chi connectivity index (χ0) is 4.83. The van der Waals surface area contributed by atoms with E-state index in [1.54, 1.807) is 6.92 Å². The van der Waals surface area contributed by atoms with Gasteiger partial charge in [-0.3, -0.25) is 0 Å². The van der Waals surface area contributed by atoms with E-state index in [-0.39, 0.29) is 0 Å². The van der Waals surface area contributed by atoms with Gasteiger partial charge in [0.05, 0.1) is 6.42 Å². The van der Waals surface area contributed by atoms with E-state index in [0.29, 0.717) is 6.42 Å². The van der Waals surface area contributed by atoms with Gasteiger partial charge in [0.1, 0.15) is 0 Å². The Labute approximate surface area is 38.6 Å². The molecular formula is C6H6. The highest BCUT2D eigenvalue weighted by molar-refractivity contribution is 5.05. The average Bonchev–Trinajstić information content (AvgIpc) is 1.61. The summed E-state index contributed by atoms with van der Waals surface area (Å²) in [5, 5.41) is 0. The monoisotopic (exact) mass is 78.0 g/mol. The molecule has 0 aliphatic rings. The van der Waals surface area contributed by atoms with Gasteiger partial charge in [-0.05, 0) is 6.92 Å². The second-order valence-electron chi connectivity index (χ2n) is 0.808. The summed E-state index contributed by atoms with van der Waals surface area (Å²) in [7, 11) is 0. The van der Waals surface area contributed by atoms with Crippen LogP contribution < -0.4 is 0 Å². The van der Waals surface area contributed by atoms with E-state index in [2.05, 4.69) is 17.8 Å². The van der Waals surface area contributed by atoms with Gasteiger partial charge < -0.3 is 0 Å². The van der Waals surface area contributed by atoms with Gasteiger partial charge in [-0.1, -0.05) is 11.8 Å². The summed E-state index contributed by atoms with van der Waals surface area (Å²) in [4.78, 5) is 0. The number of rotatable bonds is 0. The van der Waals surface area contributed by atoms with Crippen molar-refractivity contribution in [1.82, 2.24) is 0 Å². The van der Waals surface area contributed by atoms with E-state index in [9.17, 15) is 0 Å². The van der Waals surface area contributed by atoms with Crippen LogP contribution in [0.5, 0.6) is 0 Å². The molecule has 0 aromatic carbocycles. The zero-order valence-corrected chi connectivity index (χ0v) is 3.78. The first-order chi connectivity index (χ1) is 2.91. The molecule has 0 unspecified atom stereocenters. The van der Waals surface area contributed by atoms with Crippen LogP contribution >= 0.6 is 0 Å². The topological polar surface area (TPSA) is 0 Å². The highest BCUT2D eigenvalue weighted by atomic mass is 13.6. The Bertz CT molecular complexity index is 104. The van der Waals surface area contributed by atoms with Gasteiger partial charge in [0, 0.05) is 0 Å². The molecule has 30 valence electrons. The minimum Gasteiger partial charge on any atom is -0.119 e. The van der Waals surface area contributed by atoms with Gasteiger partial charge in [0.2, 0.25) is 0 Å². The standard InChI is InChI=1S/C6H6/c1-3-5-6-4-2/h1H,5H2,2H3. The summed E-state index contributed by atoms with van der Waals surface area (Å²) in [5.74, 6) is 7.78. The fourth-order valence-corrected chi connectivity index (χ4v) is 0.139. The van der Waals surface area contributed by atoms with Gasteiger partial charge in [-0.15, -0.1) is 12.3 Å². The molecule has 0 heterocycles. The Kier molecular flexibility index (Phi) is 3.52. The van der Waals surface area contributed by atoms with Crippen LogP contribution in [0.1, 0.15) is 13.3 Å². The lowest BCUT2D eigenvalue weighted by Gasteiger charge is -1.60. The second kappa shape index (κ2) is 4.12. The molecule has 6 heavy (non-hydrogen) atoms. The van der Waals surface area contributed by atoms with Crippen LogP contribution in [0, 0.1) is 24.2 Å². The van der Waals surface area contributed by atoms with Crippen LogP contribution in [0.4, 0.5) is 0 Å². The fraction of sp³-hybridized carbons (Fsp3) is 0.333. The number of hydrogen-bond acceptors (Lipinski definition) is 0. The SMILES string of the molecule is C#CCC#CC. The van der Waals surface area contributed by atoms with Crippen molar-refractivity contribution in [2.75, 3.05) is 0 Å². The van der Waals surface area contributed by atoms with E-state index in [1.165, 1.54) is 0 Å². The van der Waals surface area contributed by atoms with E-state index >= 15 is 0 Å². The third-order valence-corrected chi connectivity index (χ3v) is 0.367. The van der Waals surface area contributed by atoms with E-state index in [4.69, 9.17) is 6.42 Å². The van der Waals surface area contributed by atoms with Crippen molar-refractivity contribution in [3.05, 3.63) is 0 Å². The molecule has 0 aromatic rings. The van der Waals surface area contributed by atoms with E-state index < -0.39 is 0 Å². The van der Waals surface area contributed by atoms with Crippen molar-refractivity contribution in [3.8, 4) is 24.2 Å². The minimum atomic E-state index is 0.580. The van der Waals surface area contributed by atoms with E-state index in [1.807, 2.05) is 0 Å². The van der Waals surface area contributed by atoms with Gasteiger partial charge in [-0.25, -0.2) is 0 Å². The van der Waals surface area contributed by atoms with Crippen LogP contribution in [0.2, 0.25) is 0 Å². The summed E-state index contributed by atoms with van der Waals surface area (Å²) < 4.78 is 0. The van der Waals surface area contributed by atoms with Crippen LogP contribution in [0.3, 0.4) is 0 Å². The lowest BCUT2D eigenvalue weighted by atomic mass is 10.4. The van der Waals surface area contributed by atoms with Crippen molar-refractivity contribution < 1.29 is 0 Å². The van der Waals surface area contributed by atoms with Crippen LogP contribution in [-0.4, -0.2) is 0 Å². The Morgan fingerprint density at radius 3 is 2.50 bits per heavy atom. The molecule has 0 aliphatic heterocycles. The van der Waals surface area contributed by atoms with E-state index in [0.717, 1.165) is 0 Å². The molecule has 0 fully saturated rings. The van der Waals surface area contributed by atoms with Crippen molar-refractivity contribution in [3.63, 3.8) is 0 Å². The molecule has 0 heteroatoms. The number of terminal acetylenes is 1. The van der Waals surface area contributed by atoms with Crippen LogP contribution in [0.15, 0.2) is 0 Å². The largest absolute Gasteiger partial charge is 0.119 e. The third kappa shape index (κ3) is 3.12. The molecule has 0 amide bonds. The quantitative estimate of drug-likeness (QED) is 0.380. The Balaban J connectivity index is 3.07. The molecule has 0 aliphatic carbocycles. The molecule has 0 aromatic heterocycles. The molecule has 0 spiro atoms. The lowest BCUT2D eigenvalue weighted by molar-refractivity contribution is 1.56. The lowest BCUT2D eigenvalue weighted by Crippen LogP contribution is -1.51. The third-order valence-electron chi connectivity index (χ3n) is 0.367. The van der Waals surface area contributed by atoms with Crippen molar-refractivity contribution in [2.24, 2.45) is 0 Å². The summed E-state index contributed by atoms with van der Waals surface area (Å²) in [6.07, 6.45) is 5.44. The maximum atomic E-state index is 4.86. The van der Waals surface area contributed by atoms with Crippen LogP contribution in [-0.2, 0) is 0 Å². The predicted molar refractivity (Wildman–Crippen MR) is 26.9 cm³/mol. The average molecular weight is 78.1 g/mol. The molecule has 0 saturated carbocycles. The van der Waals surface area contributed by atoms with Gasteiger partial charge in [0.15, 0.2) is 0 Å². The van der Waals surface area contributed by atoms with Crippen molar-refractivity contribution >= 4 is 0 Å². The maximum Gasteiger partial charge on any atom is 0.0699 e. The molecule has 0 nitrogen and oxygen atoms in total. The molecule has 0 rings (SSSR count). The van der Waals surface area contributed by atoms with Crippen molar-refractivity contribution in [1.29, 1.82) is 0 Å². The first-order valence-corrected chi connectivity index (χ1v) is 1.75. The summed E-state index contributed by atoms with van der Waals surface area (Å²) in [6.45, 7) is 1.78. The summed E-state index contributed by atoms with van der Waals surface area (Å²) in [6, 6.07) is 0. The molecule has 0 radical (unpaired) electrons. The summed E-state index contributed by atoms with van der Waals surface area (Å²) in [5.41, 5.74) is 0.